The number of rotatable bonds is 5. The molecule has 5 heteroatoms. The van der Waals surface area contributed by atoms with Crippen molar-refractivity contribution < 1.29 is 4.52 Å². The summed E-state index contributed by atoms with van der Waals surface area (Å²) in [5.74, 6) is 1.57. The van der Waals surface area contributed by atoms with Crippen LogP contribution in [0.15, 0.2) is 22.9 Å². The first-order valence-corrected chi connectivity index (χ1v) is 6.19. The van der Waals surface area contributed by atoms with Gasteiger partial charge in [0.05, 0.1) is 0 Å². The number of hydrogen-bond acceptors (Lipinski definition) is 5. The first kappa shape index (κ1) is 12.7. The SMILES string of the molecule is CCC(CN)Cc1nc(-c2ncccc2C)no1. The lowest BCUT2D eigenvalue weighted by Crippen LogP contribution is -2.15. The highest BCUT2D eigenvalue weighted by atomic mass is 16.5. The minimum atomic E-state index is 0.392. The summed E-state index contributed by atoms with van der Waals surface area (Å²) in [4.78, 5) is 8.65. The number of aryl methyl sites for hydroxylation is 1. The van der Waals surface area contributed by atoms with Crippen LogP contribution in [0.2, 0.25) is 0 Å². The Balaban J connectivity index is 2.18. The molecule has 0 aliphatic heterocycles. The Morgan fingerprint density at radius 1 is 1.44 bits per heavy atom. The van der Waals surface area contributed by atoms with Crippen molar-refractivity contribution >= 4 is 0 Å². The van der Waals surface area contributed by atoms with Crippen molar-refractivity contribution in [1.29, 1.82) is 0 Å². The van der Waals surface area contributed by atoms with Gasteiger partial charge in [-0.2, -0.15) is 4.98 Å². The van der Waals surface area contributed by atoms with Crippen molar-refractivity contribution in [1.82, 2.24) is 15.1 Å². The van der Waals surface area contributed by atoms with Crippen LogP contribution in [0.4, 0.5) is 0 Å². The molecule has 0 aliphatic carbocycles. The molecule has 2 N–H and O–H groups in total. The number of nitrogens with two attached hydrogens (primary N) is 1. The molecule has 2 rings (SSSR count). The van der Waals surface area contributed by atoms with Crippen LogP contribution in [-0.4, -0.2) is 21.7 Å². The van der Waals surface area contributed by atoms with E-state index in [4.69, 9.17) is 10.3 Å². The molecule has 2 aromatic rings. The smallest absolute Gasteiger partial charge is 0.227 e. The molecule has 96 valence electrons. The predicted octanol–water partition coefficient (Wildman–Crippen LogP) is 1.97. The summed E-state index contributed by atoms with van der Waals surface area (Å²) in [5, 5.41) is 3.98. The van der Waals surface area contributed by atoms with Crippen LogP contribution >= 0.6 is 0 Å². The molecule has 0 saturated heterocycles. The maximum Gasteiger partial charge on any atom is 0.227 e. The third-order valence-corrected chi connectivity index (χ3v) is 3.06. The van der Waals surface area contributed by atoms with Gasteiger partial charge >= 0.3 is 0 Å². The number of hydrogen-bond donors (Lipinski definition) is 1. The van der Waals surface area contributed by atoms with E-state index in [9.17, 15) is 0 Å². The van der Waals surface area contributed by atoms with Crippen LogP contribution in [0.25, 0.3) is 11.5 Å². The molecule has 5 nitrogen and oxygen atoms in total. The fourth-order valence-corrected chi connectivity index (χ4v) is 1.80. The molecule has 0 saturated carbocycles. The van der Waals surface area contributed by atoms with E-state index in [-0.39, 0.29) is 0 Å². The Morgan fingerprint density at radius 2 is 2.28 bits per heavy atom. The van der Waals surface area contributed by atoms with E-state index < -0.39 is 0 Å². The largest absolute Gasteiger partial charge is 0.339 e. The molecule has 1 atom stereocenters. The average Bonchev–Trinajstić information content (AvgIpc) is 2.85. The standard InChI is InChI=1S/C13H18N4O/c1-3-10(8-14)7-11-16-13(17-18-11)12-9(2)5-4-6-15-12/h4-6,10H,3,7-8,14H2,1-2H3. The van der Waals surface area contributed by atoms with Crippen LogP contribution in [0, 0.1) is 12.8 Å². The lowest BCUT2D eigenvalue weighted by atomic mass is 10.0. The molecule has 0 amide bonds. The molecule has 2 aromatic heterocycles. The van der Waals surface area contributed by atoms with Crippen molar-refractivity contribution in [2.45, 2.75) is 26.7 Å². The molecule has 2 heterocycles. The summed E-state index contributed by atoms with van der Waals surface area (Å²) >= 11 is 0. The molecule has 0 spiro atoms. The van der Waals surface area contributed by atoms with Gasteiger partial charge < -0.3 is 10.3 Å². The van der Waals surface area contributed by atoms with Crippen LogP contribution in [0.1, 0.15) is 24.8 Å². The molecular formula is C13H18N4O. The van der Waals surface area contributed by atoms with E-state index in [0.29, 0.717) is 24.2 Å². The van der Waals surface area contributed by atoms with Crippen molar-refractivity contribution in [2.24, 2.45) is 11.7 Å². The van der Waals surface area contributed by atoms with Crippen molar-refractivity contribution in [3.8, 4) is 11.5 Å². The monoisotopic (exact) mass is 246 g/mol. The maximum absolute atomic E-state index is 5.67. The summed E-state index contributed by atoms with van der Waals surface area (Å²) in [7, 11) is 0. The fraction of sp³-hybridized carbons (Fsp3) is 0.462. The van der Waals surface area contributed by atoms with Gasteiger partial charge in [-0.1, -0.05) is 24.6 Å². The Labute approximate surface area is 106 Å². The lowest BCUT2D eigenvalue weighted by Gasteiger charge is -2.07. The number of aromatic nitrogens is 3. The zero-order valence-electron chi connectivity index (χ0n) is 10.8. The molecule has 0 radical (unpaired) electrons. The van der Waals surface area contributed by atoms with Gasteiger partial charge in [0.25, 0.3) is 0 Å². The quantitative estimate of drug-likeness (QED) is 0.872. The van der Waals surface area contributed by atoms with E-state index in [2.05, 4.69) is 22.0 Å². The number of pyridine rings is 1. The highest BCUT2D eigenvalue weighted by molar-refractivity contribution is 5.53. The summed E-state index contributed by atoms with van der Waals surface area (Å²) in [6, 6.07) is 3.87. The number of nitrogens with zero attached hydrogens (tertiary/aromatic N) is 3. The zero-order chi connectivity index (χ0) is 13.0. The Morgan fingerprint density at radius 3 is 2.94 bits per heavy atom. The van der Waals surface area contributed by atoms with E-state index in [1.165, 1.54) is 0 Å². The highest BCUT2D eigenvalue weighted by Crippen LogP contribution is 2.18. The fourth-order valence-electron chi connectivity index (χ4n) is 1.80. The van der Waals surface area contributed by atoms with E-state index in [0.717, 1.165) is 24.1 Å². The van der Waals surface area contributed by atoms with E-state index in [1.807, 2.05) is 19.1 Å². The van der Waals surface area contributed by atoms with Gasteiger partial charge in [-0.15, -0.1) is 0 Å². The third-order valence-electron chi connectivity index (χ3n) is 3.06. The Kier molecular flexibility index (Phi) is 4.04. The highest BCUT2D eigenvalue weighted by Gasteiger charge is 2.14. The summed E-state index contributed by atoms with van der Waals surface area (Å²) in [6.07, 6.45) is 3.47. The molecule has 0 aromatic carbocycles. The molecule has 18 heavy (non-hydrogen) atoms. The zero-order valence-corrected chi connectivity index (χ0v) is 10.8. The second kappa shape index (κ2) is 5.73. The Hall–Kier alpha value is -1.75. The summed E-state index contributed by atoms with van der Waals surface area (Å²) < 4.78 is 5.25. The van der Waals surface area contributed by atoms with Crippen molar-refractivity contribution in [3.63, 3.8) is 0 Å². The van der Waals surface area contributed by atoms with Gasteiger partial charge in [0.15, 0.2) is 0 Å². The molecule has 1 unspecified atom stereocenters. The van der Waals surface area contributed by atoms with Crippen LogP contribution in [0.5, 0.6) is 0 Å². The Bertz CT molecular complexity index is 505. The minimum Gasteiger partial charge on any atom is -0.339 e. The van der Waals surface area contributed by atoms with Gasteiger partial charge in [-0.3, -0.25) is 4.98 Å². The van der Waals surface area contributed by atoms with Crippen LogP contribution in [0.3, 0.4) is 0 Å². The normalized spacial score (nSPS) is 12.6. The van der Waals surface area contributed by atoms with Crippen LogP contribution < -0.4 is 5.73 Å². The van der Waals surface area contributed by atoms with Crippen molar-refractivity contribution in [3.05, 3.63) is 29.8 Å². The average molecular weight is 246 g/mol. The maximum atomic E-state index is 5.67. The minimum absolute atomic E-state index is 0.392. The molecule has 0 aliphatic rings. The van der Waals surface area contributed by atoms with Crippen LogP contribution in [-0.2, 0) is 6.42 Å². The molecular weight excluding hydrogens is 228 g/mol. The lowest BCUT2D eigenvalue weighted by molar-refractivity contribution is 0.350. The predicted molar refractivity (Wildman–Crippen MR) is 68.8 cm³/mol. The van der Waals surface area contributed by atoms with Gasteiger partial charge in [0, 0.05) is 12.6 Å². The summed E-state index contributed by atoms with van der Waals surface area (Å²) in [5.41, 5.74) is 7.48. The third kappa shape index (κ3) is 2.73. The van der Waals surface area contributed by atoms with Gasteiger partial charge in [0.2, 0.25) is 11.7 Å². The van der Waals surface area contributed by atoms with Gasteiger partial charge in [-0.25, -0.2) is 0 Å². The van der Waals surface area contributed by atoms with E-state index >= 15 is 0 Å². The topological polar surface area (TPSA) is 77.8 Å². The van der Waals surface area contributed by atoms with Gasteiger partial charge in [-0.05, 0) is 31.0 Å². The summed E-state index contributed by atoms with van der Waals surface area (Å²) in [6.45, 7) is 4.72. The second-order valence-corrected chi connectivity index (χ2v) is 4.39. The molecule has 0 fully saturated rings. The first-order valence-electron chi connectivity index (χ1n) is 6.19. The van der Waals surface area contributed by atoms with E-state index in [1.54, 1.807) is 6.20 Å². The first-order chi connectivity index (χ1) is 8.74. The molecule has 0 bridgehead atoms. The second-order valence-electron chi connectivity index (χ2n) is 4.39. The van der Waals surface area contributed by atoms with Crippen molar-refractivity contribution in [2.75, 3.05) is 6.54 Å². The van der Waals surface area contributed by atoms with Gasteiger partial charge in [0.1, 0.15) is 5.69 Å².